The van der Waals surface area contributed by atoms with Crippen molar-refractivity contribution in [1.29, 1.82) is 0 Å². The molecule has 0 bridgehead atoms. The smallest absolute Gasteiger partial charge is 0.269 e. The maximum absolute atomic E-state index is 12.1. The number of halogens is 5. The average Bonchev–Trinajstić information content (AvgIpc) is 1.99. The Labute approximate surface area is 79.0 Å². The van der Waals surface area contributed by atoms with E-state index in [9.17, 15) is 26.2 Å². The van der Waals surface area contributed by atoms with E-state index >= 15 is 0 Å². The Morgan fingerprint density at radius 2 is 1.64 bits per heavy atom. The van der Waals surface area contributed by atoms with Gasteiger partial charge in [0.2, 0.25) is 0 Å². The fraction of sp³-hybridized carbons (Fsp3) is 1.00. The third-order valence-corrected chi connectivity index (χ3v) is 1.70. The van der Waals surface area contributed by atoms with E-state index in [2.05, 4.69) is 8.37 Å². The molecule has 0 aromatic heterocycles. The van der Waals surface area contributed by atoms with Crippen LogP contribution in [0, 0.1) is 0 Å². The molecule has 0 radical (unpaired) electrons. The summed E-state index contributed by atoms with van der Waals surface area (Å²) < 4.78 is 76.8. The van der Waals surface area contributed by atoms with Crippen LogP contribution in [0.5, 0.6) is 0 Å². The van der Waals surface area contributed by atoms with Crippen molar-refractivity contribution in [3.8, 4) is 0 Å². The van der Waals surface area contributed by atoms with Crippen molar-refractivity contribution in [1.82, 2.24) is 0 Å². The summed E-state index contributed by atoms with van der Waals surface area (Å²) in [4.78, 5) is 0. The lowest BCUT2D eigenvalue weighted by Crippen LogP contribution is -2.41. The van der Waals surface area contributed by atoms with Gasteiger partial charge in [-0.3, -0.25) is 8.37 Å². The van der Waals surface area contributed by atoms with Crippen molar-refractivity contribution >= 4 is 11.4 Å². The van der Waals surface area contributed by atoms with Crippen molar-refractivity contribution < 1.29 is 34.5 Å². The quantitative estimate of drug-likeness (QED) is 0.690. The van der Waals surface area contributed by atoms with Crippen molar-refractivity contribution in [3.63, 3.8) is 0 Å². The van der Waals surface area contributed by atoms with Crippen LogP contribution in [0.2, 0.25) is 0 Å². The van der Waals surface area contributed by atoms with Crippen LogP contribution < -0.4 is 0 Å². The van der Waals surface area contributed by atoms with Crippen LogP contribution in [0.3, 0.4) is 0 Å². The summed E-state index contributed by atoms with van der Waals surface area (Å²) in [5.74, 6) is -5.03. The van der Waals surface area contributed by atoms with Gasteiger partial charge in [-0.05, 0) is 6.92 Å². The van der Waals surface area contributed by atoms with Gasteiger partial charge in [0, 0.05) is 0 Å². The van der Waals surface area contributed by atoms with Crippen molar-refractivity contribution in [2.75, 3.05) is 13.2 Å². The molecule has 0 fully saturated rings. The molecule has 0 aliphatic rings. The van der Waals surface area contributed by atoms with E-state index in [1.54, 1.807) is 0 Å². The van der Waals surface area contributed by atoms with Crippen LogP contribution in [0.4, 0.5) is 22.0 Å². The van der Waals surface area contributed by atoms with Gasteiger partial charge >= 0.3 is 23.5 Å². The van der Waals surface area contributed by atoms with Crippen LogP contribution in [-0.2, 0) is 19.7 Å². The Bertz CT molecular complexity index is 204. The summed E-state index contributed by atoms with van der Waals surface area (Å²) in [5.41, 5.74) is 0. The molecule has 0 aliphatic heterocycles. The zero-order chi connectivity index (χ0) is 11.4. The molecule has 14 heavy (non-hydrogen) atoms. The van der Waals surface area contributed by atoms with Gasteiger partial charge in [0.25, 0.3) is 0 Å². The van der Waals surface area contributed by atoms with Gasteiger partial charge in [-0.2, -0.15) is 26.2 Å². The molecule has 0 heterocycles. The third kappa shape index (κ3) is 4.29. The first-order valence-electron chi connectivity index (χ1n) is 3.33. The van der Waals surface area contributed by atoms with E-state index in [-0.39, 0.29) is 6.61 Å². The Balaban J connectivity index is 4.06. The van der Waals surface area contributed by atoms with Gasteiger partial charge in [0.1, 0.15) is 6.61 Å². The van der Waals surface area contributed by atoms with E-state index in [1.807, 2.05) is 0 Å². The highest BCUT2D eigenvalue weighted by Gasteiger charge is 2.58. The minimum atomic E-state index is -5.72. The zero-order valence-electron chi connectivity index (χ0n) is 6.94. The highest BCUT2D eigenvalue weighted by molar-refractivity contribution is 7.75. The Kier molecular flexibility index (Phi) is 4.89. The maximum atomic E-state index is 12.1. The highest BCUT2D eigenvalue weighted by atomic mass is 32.2. The fourth-order valence-corrected chi connectivity index (χ4v) is 0.839. The molecule has 1 atom stereocenters. The van der Waals surface area contributed by atoms with E-state index in [0.29, 0.717) is 0 Å². The summed E-state index contributed by atoms with van der Waals surface area (Å²) in [6, 6.07) is 0. The molecule has 0 saturated heterocycles. The van der Waals surface area contributed by atoms with Gasteiger partial charge in [-0.25, -0.2) is 0 Å². The van der Waals surface area contributed by atoms with Gasteiger partial charge < -0.3 is 0 Å². The van der Waals surface area contributed by atoms with Crippen LogP contribution in [0.1, 0.15) is 6.92 Å². The minimum absolute atomic E-state index is 0.121. The second-order valence-corrected chi connectivity index (χ2v) is 2.95. The van der Waals surface area contributed by atoms with E-state index in [4.69, 9.17) is 0 Å². The molecule has 0 rings (SSSR count). The van der Waals surface area contributed by atoms with E-state index in [1.165, 1.54) is 6.92 Å². The van der Waals surface area contributed by atoms with Crippen molar-refractivity contribution in [2.45, 2.75) is 19.0 Å². The molecule has 0 spiro atoms. The first-order valence-corrected chi connectivity index (χ1v) is 4.33. The van der Waals surface area contributed by atoms with Gasteiger partial charge in [0.05, 0.1) is 6.61 Å². The second kappa shape index (κ2) is 4.99. The molecule has 0 aliphatic carbocycles. The topological polar surface area (TPSA) is 35.5 Å². The molecule has 86 valence electrons. The monoisotopic (exact) mass is 242 g/mol. The SMILES string of the molecule is CCOS(=O)OCC(F)(F)C(F)(F)F. The Morgan fingerprint density at radius 3 is 2.00 bits per heavy atom. The summed E-state index contributed by atoms with van der Waals surface area (Å²) in [7, 11) is 0. The van der Waals surface area contributed by atoms with E-state index < -0.39 is 30.1 Å². The standard InChI is InChI=1S/C5H7F5O3S/c1-2-12-14(11)13-3-4(6,7)5(8,9)10/h2-3H2,1H3. The van der Waals surface area contributed by atoms with Crippen LogP contribution in [-0.4, -0.2) is 29.5 Å². The van der Waals surface area contributed by atoms with Crippen molar-refractivity contribution in [3.05, 3.63) is 0 Å². The molecule has 0 N–H and O–H groups in total. The normalized spacial score (nSPS) is 15.6. The van der Waals surface area contributed by atoms with Crippen LogP contribution in [0.25, 0.3) is 0 Å². The van der Waals surface area contributed by atoms with Crippen LogP contribution >= 0.6 is 0 Å². The molecular formula is C5H7F5O3S. The predicted octanol–water partition coefficient (Wildman–Crippen LogP) is 1.82. The number of alkyl halides is 5. The van der Waals surface area contributed by atoms with Gasteiger partial charge in [-0.15, -0.1) is 0 Å². The zero-order valence-corrected chi connectivity index (χ0v) is 7.75. The molecule has 1 unspecified atom stereocenters. The maximum Gasteiger partial charge on any atom is 0.455 e. The summed E-state index contributed by atoms with van der Waals surface area (Å²) in [5, 5.41) is 0. The molecule has 0 aromatic rings. The highest BCUT2D eigenvalue weighted by Crippen LogP contribution is 2.35. The van der Waals surface area contributed by atoms with Crippen molar-refractivity contribution in [2.24, 2.45) is 0 Å². The lowest BCUT2D eigenvalue weighted by atomic mass is 10.3. The molecular weight excluding hydrogens is 235 g/mol. The number of rotatable bonds is 5. The molecule has 0 amide bonds. The Hall–Kier alpha value is -0.280. The first kappa shape index (κ1) is 13.7. The molecule has 0 saturated carbocycles. The lowest BCUT2D eigenvalue weighted by molar-refractivity contribution is -0.289. The molecule has 3 nitrogen and oxygen atoms in total. The summed E-state index contributed by atoms with van der Waals surface area (Å²) in [6.45, 7) is -0.767. The Morgan fingerprint density at radius 1 is 1.14 bits per heavy atom. The molecule has 9 heteroatoms. The minimum Gasteiger partial charge on any atom is -0.269 e. The average molecular weight is 242 g/mol. The van der Waals surface area contributed by atoms with Crippen LogP contribution in [0.15, 0.2) is 0 Å². The van der Waals surface area contributed by atoms with E-state index in [0.717, 1.165) is 0 Å². The molecule has 0 aromatic carbocycles. The third-order valence-electron chi connectivity index (χ3n) is 0.965. The first-order chi connectivity index (χ1) is 6.20. The fourth-order valence-electron chi connectivity index (χ4n) is 0.334. The number of hydrogen-bond donors (Lipinski definition) is 0. The van der Waals surface area contributed by atoms with Gasteiger partial charge in [-0.1, -0.05) is 0 Å². The second-order valence-electron chi connectivity index (χ2n) is 2.08. The summed E-state index contributed by atoms with van der Waals surface area (Å²) >= 11 is -2.58. The largest absolute Gasteiger partial charge is 0.455 e. The lowest BCUT2D eigenvalue weighted by Gasteiger charge is -2.18. The predicted molar refractivity (Wildman–Crippen MR) is 36.7 cm³/mol. The summed E-state index contributed by atoms with van der Waals surface area (Å²) in [6.07, 6.45) is -5.72. The number of hydrogen-bond acceptors (Lipinski definition) is 3. The van der Waals surface area contributed by atoms with Gasteiger partial charge in [0.15, 0.2) is 0 Å².